The molecule has 0 atom stereocenters. The fourth-order valence-electron chi connectivity index (χ4n) is 1.67. The van der Waals surface area contributed by atoms with E-state index >= 15 is 0 Å². The number of rotatable bonds is 1. The first kappa shape index (κ1) is 9.01. The summed E-state index contributed by atoms with van der Waals surface area (Å²) in [6, 6.07) is 10.5. The summed E-state index contributed by atoms with van der Waals surface area (Å²) in [5.41, 5.74) is 3.97. The summed E-state index contributed by atoms with van der Waals surface area (Å²) in [6.45, 7) is 2.16. The number of benzene rings is 1. The zero-order valence-corrected chi connectivity index (χ0v) is 8.40. The second-order valence-electron chi connectivity index (χ2n) is 3.50. The maximum atomic E-state index is 2.21. The second kappa shape index (κ2) is 4.10. The molecule has 1 aliphatic carbocycles. The van der Waals surface area contributed by atoms with Gasteiger partial charge in [0.25, 0.3) is 0 Å². The molecule has 0 unspecified atom stereocenters. The highest BCUT2D eigenvalue weighted by atomic mass is 14.1. The summed E-state index contributed by atoms with van der Waals surface area (Å²) in [5.74, 6) is 0. The molecule has 14 heavy (non-hydrogen) atoms. The Morgan fingerprint density at radius 1 is 0.929 bits per heavy atom. The van der Waals surface area contributed by atoms with Crippen LogP contribution in [0.25, 0.3) is 5.57 Å². The third-order valence-electron chi connectivity index (χ3n) is 2.43. The molecule has 1 aromatic carbocycles. The summed E-state index contributed by atoms with van der Waals surface area (Å²) >= 11 is 0. The van der Waals surface area contributed by atoms with E-state index < -0.39 is 0 Å². The van der Waals surface area contributed by atoms with E-state index in [2.05, 4.69) is 61.6 Å². The van der Waals surface area contributed by atoms with Gasteiger partial charge in [0.15, 0.2) is 0 Å². The predicted molar refractivity (Wildman–Crippen MR) is 61.9 cm³/mol. The van der Waals surface area contributed by atoms with Crippen molar-refractivity contribution in [3.05, 3.63) is 65.8 Å². The van der Waals surface area contributed by atoms with Crippen molar-refractivity contribution in [3.8, 4) is 0 Å². The SMILES string of the molecule is CC1=C(c2ccccc2)C=CCC=C1. The van der Waals surface area contributed by atoms with Crippen LogP contribution in [0, 0.1) is 0 Å². The van der Waals surface area contributed by atoms with Gasteiger partial charge in [-0.1, -0.05) is 54.6 Å². The summed E-state index contributed by atoms with van der Waals surface area (Å²) in [4.78, 5) is 0. The van der Waals surface area contributed by atoms with Crippen LogP contribution in [0.2, 0.25) is 0 Å². The molecule has 0 bridgehead atoms. The second-order valence-corrected chi connectivity index (χ2v) is 3.50. The van der Waals surface area contributed by atoms with Crippen molar-refractivity contribution in [2.24, 2.45) is 0 Å². The molecule has 0 saturated carbocycles. The molecule has 1 aromatic rings. The number of allylic oxidation sites excluding steroid dienone is 6. The molecule has 0 aromatic heterocycles. The van der Waals surface area contributed by atoms with Gasteiger partial charge in [-0.15, -0.1) is 0 Å². The summed E-state index contributed by atoms with van der Waals surface area (Å²) in [6.07, 6.45) is 9.85. The predicted octanol–water partition coefficient (Wildman–Crippen LogP) is 3.98. The fraction of sp³-hybridized carbons (Fsp3) is 0.143. The summed E-state index contributed by atoms with van der Waals surface area (Å²) in [5, 5.41) is 0. The minimum atomic E-state index is 1.04. The van der Waals surface area contributed by atoms with Crippen LogP contribution in [0.5, 0.6) is 0 Å². The minimum Gasteiger partial charge on any atom is -0.0805 e. The van der Waals surface area contributed by atoms with Crippen molar-refractivity contribution in [1.29, 1.82) is 0 Å². The van der Waals surface area contributed by atoms with Crippen LogP contribution in [-0.4, -0.2) is 0 Å². The van der Waals surface area contributed by atoms with Gasteiger partial charge in [0.2, 0.25) is 0 Å². The van der Waals surface area contributed by atoms with Gasteiger partial charge in [-0.05, 0) is 30.1 Å². The van der Waals surface area contributed by atoms with Gasteiger partial charge in [0, 0.05) is 0 Å². The minimum absolute atomic E-state index is 1.04. The molecule has 1 aliphatic rings. The molecular formula is C14H14. The van der Waals surface area contributed by atoms with Crippen molar-refractivity contribution < 1.29 is 0 Å². The molecule has 0 nitrogen and oxygen atoms in total. The molecule has 0 aliphatic heterocycles. The van der Waals surface area contributed by atoms with E-state index in [9.17, 15) is 0 Å². The van der Waals surface area contributed by atoms with Crippen molar-refractivity contribution in [2.75, 3.05) is 0 Å². The van der Waals surface area contributed by atoms with Gasteiger partial charge in [-0.25, -0.2) is 0 Å². The average Bonchev–Trinajstić information content (AvgIpc) is 2.44. The number of hydrogen-bond donors (Lipinski definition) is 0. The monoisotopic (exact) mass is 182 g/mol. The van der Waals surface area contributed by atoms with Crippen LogP contribution in [0.1, 0.15) is 18.9 Å². The van der Waals surface area contributed by atoms with E-state index in [0.717, 1.165) is 6.42 Å². The lowest BCUT2D eigenvalue weighted by Crippen LogP contribution is -1.82. The van der Waals surface area contributed by atoms with Gasteiger partial charge >= 0.3 is 0 Å². The van der Waals surface area contributed by atoms with Gasteiger partial charge in [-0.3, -0.25) is 0 Å². The largest absolute Gasteiger partial charge is 0.0805 e. The summed E-state index contributed by atoms with van der Waals surface area (Å²) < 4.78 is 0. The van der Waals surface area contributed by atoms with Crippen LogP contribution >= 0.6 is 0 Å². The first-order chi connectivity index (χ1) is 6.88. The topological polar surface area (TPSA) is 0 Å². The van der Waals surface area contributed by atoms with E-state index in [1.54, 1.807) is 0 Å². The first-order valence-electron chi connectivity index (χ1n) is 4.97. The zero-order chi connectivity index (χ0) is 9.80. The quantitative estimate of drug-likeness (QED) is 0.616. The highest BCUT2D eigenvalue weighted by Gasteiger charge is 2.01. The third kappa shape index (κ3) is 1.85. The molecule has 2 rings (SSSR count). The van der Waals surface area contributed by atoms with Crippen LogP contribution in [0.15, 0.2) is 60.2 Å². The highest BCUT2D eigenvalue weighted by Crippen LogP contribution is 2.22. The van der Waals surface area contributed by atoms with Crippen molar-refractivity contribution in [2.45, 2.75) is 13.3 Å². The average molecular weight is 182 g/mol. The Bertz CT molecular complexity index is 391. The molecule has 0 saturated heterocycles. The Labute approximate surface area is 85.3 Å². The van der Waals surface area contributed by atoms with Crippen molar-refractivity contribution in [3.63, 3.8) is 0 Å². The Morgan fingerprint density at radius 3 is 2.43 bits per heavy atom. The molecule has 0 amide bonds. The Balaban J connectivity index is 2.47. The Kier molecular flexibility index (Phi) is 2.64. The molecule has 70 valence electrons. The lowest BCUT2D eigenvalue weighted by atomic mass is 10.0. The molecule has 0 spiro atoms. The fourth-order valence-corrected chi connectivity index (χ4v) is 1.67. The van der Waals surface area contributed by atoms with Crippen LogP contribution in [-0.2, 0) is 0 Å². The van der Waals surface area contributed by atoms with E-state index in [1.165, 1.54) is 16.7 Å². The van der Waals surface area contributed by atoms with Gasteiger partial charge in [0.05, 0.1) is 0 Å². The van der Waals surface area contributed by atoms with Gasteiger partial charge in [0.1, 0.15) is 0 Å². The maximum absolute atomic E-state index is 2.21. The highest BCUT2D eigenvalue weighted by molar-refractivity contribution is 5.78. The van der Waals surface area contributed by atoms with E-state index in [4.69, 9.17) is 0 Å². The summed E-state index contributed by atoms with van der Waals surface area (Å²) in [7, 11) is 0. The first-order valence-corrected chi connectivity index (χ1v) is 4.97. The van der Waals surface area contributed by atoms with Gasteiger partial charge < -0.3 is 0 Å². The maximum Gasteiger partial charge on any atom is -0.0158 e. The standard InChI is InChI=1S/C14H14/c1-12-8-4-2-7-11-14(12)13-9-5-3-6-10-13/h3-11H,2H2,1H3. The number of hydrogen-bond acceptors (Lipinski definition) is 0. The van der Waals surface area contributed by atoms with Crippen LogP contribution < -0.4 is 0 Å². The smallest absolute Gasteiger partial charge is 0.0158 e. The lowest BCUT2D eigenvalue weighted by molar-refractivity contribution is 1.40. The van der Waals surface area contributed by atoms with E-state index in [0.29, 0.717) is 0 Å². The lowest BCUT2D eigenvalue weighted by Gasteiger charge is -2.04. The van der Waals surface area contributed by atoms with Crippen molar-refractivity contribution >= 4 is 5.57 Å². The molecule has 0 fully saturated rings. The third-order valence-corrected chi connectivity index (χ3v) is 2.43. The van der Waals surface area contributed by atoms with E-state index in [-0.39, 0.29) is 0 Å². The van der Waals surface area contributed by atoms with Crippen LogP contribution in [0.4, 0.5) is 0 Å². The Hall–Kier alpha value is -1.56. The molecule has 0 heterocycles. The van der Waals surface area contributed by atoms with Gasteiger partial charge in [-0.2, -0.15) is 0 Å². The Morgan fingerprint density at radius 2 is 1.64 bits per heavy atom. The molecule has 0 N–H and O–H groups in total. The van der Waals surface area contributed by atoms with Crippen LogP contribution in [0.3, 0.4) is 0 Å². The molecular weight excluding hydrogens is 168 g/mol. The molecule has 0 heteroatoms. The zero-order valence-electron chi connectivity index (χ0n) is 8.40. The normalized spacial score (nSPS) is 15.8. The molecule has 0 radical (unpaired) electrons. The van der Waals surface area contributed by atoms with E-state index in [1.807, 2.05) is 0 Å². The van der Waals surface area contributed by atoms with Crippen molar-refractivity contribution in [1.82, 2.24) is 0 Å².